The van der Waals surface area contributed by atoms with E-state index >= 15 is 0 Å². The molecule has 5 rings (SSSR count). The Kier molecular flexibility index (Phi) is 10.4. The van der Waals surface area contributed by atoms with E-state index in [2.05, 4.69) is 31.2 Å². The molecule has 0 unspecified atom stereocenters. The van der Waals surface area contributed by atoms with Crippen LogP contribution in [-0.2, 0) is 24.9 Å². The van der Waals surface area contributed by atoms with Crippen LogP contribution >= 0.6 is 0 Å². The second-order valence-electron chi connectivity index (χ2n) is 11.2. The first-order chi connectivity index (χ1) is 18.5. The molecule has 1 radical (unpaired) electrons. The molecule has 4 nitrogen and oxygen atoms in total. The molecule has 0 saturated carbocycles. The first kappa shape index (κ1) is 31.1. The number of benzene rings is 3. The first-order valence-corrected chi connectivity index (χ1v) is 13.5. The zero-order chi connectivity index (χ0) is 28.3. The Morgan fingerprint density at radius 1 is 0.875 bits per heavy atom. The number of nitrogens with zero attached hydrogens (tertiary/aromatic N) is 1. The van der Waals surface area contributed by atoms with Crippen LogP contribution in [0.5, 0.6) is 0 Å². The van der Waals surface area contributed by atoms with Crippen molar-refractivity contribution in [3.63, 3.8) is 0 Å². The van der Waals surface area contributed by atoms with Crippen molar-refractivity contribution in [3.8, 4) is 22.4 Å². The molecule has 0 fully saturated rings. The molecule has 1 aromatic heterocycles. The van der Waals surface area contributed by atoms with Crippen LogP contribution in [0.1, 0.15) is 67.6 Å². The number of rotatable bonds is 6. The Morgan fingerprint density at radius 3 is 2.17 bits per heavy atom. The van der Waals surface area contributed by atoms with E-state index in [0.717, 1.165) is 50.0 Å². The first-order valence-electron chi connectivity index (χ1n) is 13.5. The molecular weight excluding hydrogens is 675 g/mol. The fourth-order valence-electron chi connectivity index (χ4n) is 5.05. The summed E-state index contributed by atoms with van der Waals surface area (Å²) in [6.07, 6.45) is 2.46. The van der Waals surface area contributed by atoms with E-state index in [0.29, 0.717) is 24.7 Å². The number of aromatic nitrogens is 1. The summed E-state index contributed by atoms with van der Waals surface area (Å²) < 4.78 is 0. The van der Waals surface area contributed by atoms with Crippen molar-refractivity contribution in [1.82, 2.24) is 4.98 Å². The molecule has 0 bridgehead atoms. The van der Waals surface area contributed by atoms with Gasteiger partial charge in [0, 0.05) is 55.5 Å². The van der Waals surface area contributed by atoms with Gasteiger partial charge in [0.15, 0.2) is 11.6 Å². The zero-order valence-corrected chi connectivity index (χ0v) is 26.4. The molecule has 1 aliphatic rings. The number of aryl methyl sites for hydroxylation is 2. The van der Waals surface area contributed by atoms with Gasteiger partial charge in [0.05, 0.1) is 11.3 Å². The van der Waals surface area contributed by atoms with E-state index in [-0.39, 0.29) is 37.4 Å². The minimum atomic E-state index is 0. The summed E-state index contributed by atoms with van der Waals surface area (Å²) in [6, 6.07) is 23.4. The molecule has 209 valence electrons. The van der Waals surface area contributed by atoms with Gasteiger partial charge in [-0.2, -0.15) is 0 Å². The minimum absolute atomic E-state index is 0. The number of carbonyl (C=O) groups is 2. The predicted molar refractivity (Wildman–Crippen MR) is 159 cm³/mol. The average Bonchev–Trinajstić information content (AvgIpc) is 2.85. The number of allylic oxidation sites excluding steroid dienone is 2. The van der Waals surface area contributed by atoms with Crippen LogP contribution in [-0.4, -0.2) is 21.7 Å². The number of aliphatic hydroxyl groups excluding tert-OH is 1. The van der Waals surface area contributed by atoms with Gasteiger partial charge in [0.25, 0.3) is 0 Å². The number of fused-ring (bicyclic) bond motifs is 2. The molecule has 40 heavy (non-hydrogen) atoms. The quantitative estimate of drug-likeness (QED) is 0.109. The van der Waals surface area contributed by atoms with Gasteiger partial charge in [-0.05, 0) is 34.7 Å². The SMILES string of the molecule is CC(C)CC(=O)/C=C(\O)CC(C)C.Cc1[c-]c(-c2cc3c4c(cccc4n2)C(=O)c2ccccc2-3)cc(C)c1.[Ir]. The molecule has 1 aliphatic carbocycles. The summed E-state index contributed by atoms with van der Waals surface area (Å²) in [4.78, 5) is 29.0. The fourth-order valence-corrected chi connectivity index (χ4v) is 5.05. The van der Waals surface area contributed by atoms with E-state index in [9.17, 15) is 14.7 Å². The predicted octanol–water partition coefficient (Wildman–Crippen LogP) is 8.62. The number of hydrogen-bond acceptors (Lipinski definition) is 4. The normalized spacial score (nSPS) is 12.1. The Bertz CT molecular complexity index is 1560. The monoisotopic (exact) mass is 711 g/mol. The van der Waals surface area contributed by atoms with Gasteiger partial charge in [0.1, 0.15) is 0 Å². The molecule has 4 aromatic rings. The summed E-state index contributed by atoms with van der Waals surface area (Å²) in [6.45, 7) is 12.1. The third kappa shape index (κ3) is 7.21. The van der Waals surface area contributed by atoms with Crippen LogP contribution in [0.15, 0.2) is 72.5 Å². The van der Waals surface area contributed by atoms with E-state index < -0.39 is 0 Å². The standard InChI is InChI=1S/C24H16NO.C11H20O2.Ir/c1-14-10-15(2)12-16(11-14)22-13-20-17-6-3-4-7-18(17)24(26)19-8-5-9-21(25-22)23(19)20;1-8(2)5-10(12)7-11(13)6-9(3)4;/h3-11,13H,1-2H3;7-9,12H,5-6H2,1-4H3;/q-1;;/b;10-7-;. The largest absolute Gasteiger partial charge is 0.512 e. The van der Waals surface area contributed by atoms with E-state index in [4.69, 9.17) is 4.98 Å². The minimum Gasteiger partial charge on any atom is -0.512 e. The summed E-state index contributed by atoms with van der Waals surface area (Å²) in [5, 5.41) is 10.3. The molecule has 3 aromatic carbocycles. The molecule has 0 atom stereocenters. The smallest absolute Gasteiger partial charge is 0.194 e. The molecule has 0 spiro atoms. The maximum Gasteiger partial charge on any atom is 0.194 e. The Morgan fingerprint density at radius 2 is 1.52 bits per heavy atom. The number of hydrogen-bond donors (Lipinski definition) is 1. The van der Waals surface area contributed by atoms with Crippen molar-refractivity contribution < 1.29 is 34.8 Å². The average molecular weight is 711 g/mol. The maximum absolute atomic E-state index is 12.9. The van der Waals surface area contributed by atoms with Crippen molar-refractivity contribution in [3.05, 3.63) is 101 Å². The van der Waals surface area contributed by atoms with Crippen molar-refractivity contribution in [2.45, 2.75) is 54.4 Å². The van der Waals surface area contributed by atoms with Crippen molar-refractivity contribution in [2.75, 3.05) is 0 Å². The van der Waals surface area contributed by atoms with Crippen molar-refractivity contribution >= 4 is 22.5 Å². The van der Waals surface area contributed by atoms with E-state index in [1.165, 1.54) is 11.6 Å². The molecular formula is C35H36IrNO3-. The fraction of sp³-hybridized carbons (Fsp3) is 0.286. The van der Waals surface area contributed by atoms with Crippen LogP contribution in [0.4, 0.5) is 0 Å². The maximum atomic E-state index is 12.9. The molecule has 0 aliphatic heterocycles. The summed E-state index contributed by atoms with van der Waals surface area (Å²) in [5.74, 6) is 1.05. The number of carbonyl (C=O) groups excluding carboxylic acids is 2. The van der Waals surface area contributed by atoms with Crippen LogP contribution in [0, 0.1) is 31.7 Å². The number of aliphatic hydroxyl groups is 1. The van der Waals surface area contributed by atoms with Gasteiger partial charge in [-0.25, -0.2) is 0 Å². The van der Waals surface area contributed by atoms with Gasteiger partial charge in [-0.3, -0.25) is 14.6 Å². The summed E-state index contributed by atoms with van der Waals surface area (Å²) >= 11 is 0. The van der Waals surface area contributed by atoms with Gasteiger partial charge in [0.2, 0.25) is 0 Å². The Labute approximate surface area is 250 Å². The van der Waals surface area contributed by atoms with Crippen LogP contribution in [0.3, 0.4) is 0 Å². The second kappa shape index (κ2) is 13.3. The molecule has 1 heterocycles. The van der Waals surface area contributed by atoms with Crippen molar-refractivity contribution in [2.24, 2.45) is 11.8 Å². The molecule has 5 heteroatoms. The van der Waals surface area contributed by atoms with Gasteiger partial charge in [-0.15, -0.1) is 34.9 Å². The second-order valence-corrected chi connectivity index (χ2v) is 11.2. The van der Waals surface area contributed by atoms with E-state index in [1.54, 1.807) is 0 Å². The van der Waals surface area contributed by atoms with E-state index in [1.807, 2.05) is 77.1 Å². The van der Waals surface area contributed by atoms with Gasteiger partial charge in [-0.1, -0.05) is 84.0 Å². The van der Waals surface area contributed by atoms with Gasteiger partial charge < -0.3 is 5.11 Å². The van der Waals surface area contributed by atoms with Gasteiger partial charge >= 0.3 is 0 Å². The van der Waals surface area contributed by atoms with Crippen LogP contribution in [0.2, 0.25) is 0 Å². The summed E-state index contributed by atoms with van der Waals surface area (Å²) in [7, 11) is 0. The Balaban J connectivity index is 0.000000272. The van der Waals surface area contributed by atoms with Crippen molar-refractivity contribution in [1.29, 1.82) is 0 Å². The van der Waals surface area contributed by atoms with Crippen LogP contribution < -0.4 is 0 Å². The number of ketones is 2. The Hall–Kier alpha value is -3.40. The van der Waals surface area contributed by atoms with Crippen LogP contribution in [0.25, 0.3) is 33.3 Å². The third-order valence-corrected chi connectivity index (χ3v) is 6.52. The molecule has 0 saturated heterocycles. The summed E-state index contributed by atoms with van der Waals surface area (Å²) in [5.41, 5.74) is 8.56. The molecule has 1 N–H and O–H groups in total. The zero-order valence-electron chi connectivity index (χ0n) is 24.0. The number of pyridine rings is 1. The molecule has 0 amide bonds. The third-order valence-electron chi connectivity index (χ3n) is 6.52. The topological polar surface area (TPSA) is 67.3 Å².